The van der Waals surface area contributed by atoms with Gasteiger partial charge in [0.25, 0.3) is 0 Å². The van der Waals surface area contributed by atoms with Crippen molar-refractivity contribution in [1.29, 1.82) is 0 Å². The summed E-state index contributed by atoms with van der Waals surface area (Å²) in [5, 5.41) is 40.5. The maximum absolute atomic E-state index is 12.8. The van der Waals surface area contributed by atoms with Crippen LogP contribution >= 0.6 is 0 Å². The normalized spacial score (nSPS) is 47.4. The summed E-state index contributed by atoms with van der Waals surface area (Å²) in [6.07, 6.45) is 9.35. The summed E-state index contributed by atoms with van der Waals surface area (Å²) in [7, 11) is 0. The Morgan fingerprint density at radius 3 is 2.08 bits per heavy atom. The molecule has 2 amide bonds. The molecule has 0 aliphatic heterocycles. The van der Waals surface area contributed by atoms with Crippen molar-refractivity contribution in [2.45, 2.75) is 118 Å². The molecule has 8 nitrogen and oxygen atoms in total. The first-order chi connectivity index (χ1) is 17.8. The summed E-state index contributed by atoms with van der Waals surface area (Å²) in [6, 6.07) is -0.940. The average molecular weight is 549 g/mol. The Morgan fingerprint density at radius 1 is 0.897 bits per heavy atom. The molecule has 9 unspecified atom stereocenters. The second kappa shape index (κ2) is 9.45. The van der Waals surface area contributed by atoms with Gasteiger partial charge in [-0.2, -0.15) is 0 Å². The number of hydrogen-bond acceptors (Lipinski definition) is 5. The van der Waals surface area contributed by atoms with Gasteiger partial charge in [-0.1, -0.05) is 60.1 Å². The number of hydrogen-bond donors (Lipinski definition) is 6. The molecule has 0 saturated heterocycles. The summed E-state index contributed by atoms with van der Waals surface area (Å²) in [4.78, 5) is 22.0. The maximum atomic E-state index is 12.8. The van der Waals surface area contributed by atoms with E-state index in [1.807, 2.05) is 0 Å². The molecular weight excluding hydrogens is 496 g/mol. The zero-order chi connectivity index (χ0) is 29.4. The molecule has 0 aromatic rings. The fourth-order valence-corrected chi connectivity index (χ4v) is 10.7. The van der Waals surface area contributed by atoms with Crippen molar-refractivity contribution in [3.05, 3.63) is 11.6 Å². The van der Waals surface area contributed by atoms with Crippen LogP contribution in [0.25, 0.3) is 0 Å². The number of urea groups is 1. The Bertz CT molecular complexity index is 1040. The van der Waals surface area contributed by atoms with Gasteiger partial charge in [0.1, 0.15) is 5.41 Å². The minimum atomic E-state index is -1.04. The van der Waals surface area contributed by atoms with Crippen molar-refractivity contribution in [1.82, 2.24) is 5.48 Å². The fourth-order valence-electron chi connectivity index (χ4n) is 10.7. The van der Waals surface area contributed by atoms with E-state index in [1.54, 1.807) is 0 Å². The van der Waals surface area contributed by atoms with Gasteiger partial charge in [0, 0.05) is 0 Å². The number of primary amides is 1. The van der Waals surface area contributed by atoms with Gasteiger partial charge in [0.2, 0.25) is 0 Å². The predicted molar refractivity (Wildman–Crippen MR) is 149 cm³/mol. The number of aliphatic hydroxyl groups excluding tert-OH is 2. The van der Waals surface area contributed by atoms with Crippen LogP contribution in [0, 0.1) is 50.2 Å². The SMILES string of the molecule is CC1(C)CCC2(C(=O)O)C(O)CC3(C)C(=CCC4C5(C)CCC(O)C(C)(C)C5CCC43C)C2C1.NC(=O)NO. The van der Waals surface area contributed by atoms with Crippen LogP contribution < -0.4 is 11.2 Å². The molecule has 4 saturated carbocycles. The zero-order valence-electron chi connectivity index (χ0n) is 25.0. The van der Waals surface area contributed by atoms with Crippen LogP contribution in [0.4, 0.5) is 4.79 Å². The number of fused-ring (bicyclic) bond motifs is 7. The highest BCUT2D eigenvalue weighted by atomic mass is 16.5. The Kier molecular flexibility index (Phi) is 7.35. The Balaban J connectivity index is 0.000000648. The van der Waals surface area contributed by atoms with Crippen LogP contribution in [0.5, 0.6) is 0 Å². The van der Waals surface area contributed by atoms with Crippen LogP contribution in [0.15, 0.2) is 11.6 Å². The van der Waals surface area contributed by atoms with Crippen LogP contribution in [-0.4, -0.2) is 44.7 Å². The average Bonchev–Trinajstić information content (AvgIpc) is 2.82. The van der Waals surface area contributed by atoms with Gasteiger partial charge in [0.15, 0.2) is 0 Å². The van der Waals surface area contributed by atoms with Gasteiger partial charge < -0.3 is 21.1 Å². The molecule has 7 N–H and O–H groups in total. The van der Waals surface area contributed by atoms with E-state index in [4.69, 9.17) is 5.21 Å². The largest absolute Gasteiger partial charge is 0.481 e. The molecule has 0 heterocycles. The maximum Gasteiger partial charge on any atom is 0.335 e. The fraction of sp³-hybridized carbons (Fsp3) is 0.871. The van der Waals surface area contributed by atoms with Gasteiger partial charge >= 0.3 is 12.0 Å². The van der Waals surface area contributed by atoms with Crippen molar-refractivity contribution in [3.8, 4) is 0 Å². The van der Waals surface area contributed by atoms with Crippen LogP contribution in [0.1, 0.15) is 106 Å². The first kappa shape index (κ1) is 30.3. The third kappa shape index (κ3) is 4.18. The Hall–Kier alpha value is -1.64. The van der Waals surface area contributed by atoms with Crippen LogP contribution in [-0.2, 0) is 4.79 Å². The second-order valence-electron chi connectivity index (χ2n) is 15.6. The molecule has 39 heavy (non-hydrogen) atoms. The zero-order valence-corrected chi connectivity index (χ0v) is 25.0. The van der Waals surface area contributed by atoms with Crippen molar-refractivity contribution in [2.75, 3.05) is 0 Å². The number of carbonyl (C=O) groups excluding carboxylic acids is 1. The highest BCUT2D eigenvalue weighted by molar-refractivity contribution is 5.77. The van der Waals surface area contributed by atoms with Crippen molar-refractivity contribution in [3.63, 3.8) is 0 Å². The third-order valence-corrected chi connectivity index (χ3v) is 13.2. The lowest BCUT2D eigenvalue weighted by molar-refractivity contribution is -0.218. The van der Waals surface area contributed by atoms with Gasteiger partial charge in [0.05, 0.1) is 12.2 Å². The van der Waals surface area contributed by atoms with Crippen molar-refractivity contribution in [2.24, 2.45) is 56.0 Å². The number of rotatable bonds is 1. The van der Waals surface area contributed by atoms with Crippen LogP contribution in [0.2, 0.25) is 0 Å². The molecule has 0 aromatic carbocycles. The van der Waals surface area contributed by atoms with Crippen LogP contribution in [0.3, 0.4) is 0 Å². The highest BCUT2D eigenvalue weighted by Gasteiger charge is 2.71. The second-order valence-corrected chi connectivity index (χ2v) is 15.6. The standard InChI is InChI=1S/C30H48O4.CH4N2O2/c1-25(2)14-15-30(24(33)34)19(16-25)18-8-9-21-27(5)12-11-22(31)26(3,4)20(27)10-13-28(21,6)29(18,7)17-23(30)32;2-1(4)3-5/h8,19-23,31-32H,9-17H2,1-7H3,(H,33,34);5H,(H3,2,3,4). The third-order valence-electron chi connectivity index (χ3n) is 13.2. The minimum Gasteiger partial charge on any atom is -0.481 e. The number of aliphatic carboxylic acids is 1. The smallest absolute Gasteiger partial charge is 0.335 e. The Labute approximate surface area is 233 Å². The van der Waals surface area contributed by atoms with E-state index in [0.717, 1.165) is 44.9 Å². The molecule has 0 aromatic heterocycles. The van der Waals surface area contributed by atoms with Gasteiger partial charge in [-0.15, -0.1) is 0 Å². The molecule has 4 fully saturated rings. The van der Waals surface area contributed by atoms with E-state index in [0.29, 0.717) is 24.7 Å². The van der Waals surface area contributed by atoms with E-state index in [2.05, 4.69) is 60.3 Å². The lowest BCUT2D eigenvalue weighted by Gasteiger charge is -2.71. The minimum absolute atomic E-state index is 0.0218. The number of amides is 2. The number of carboxylic acid groups (broad SMARTS) is 1. The Morgan fingerprint density at radius 2 is 1.51 bits per heavy atom. The van der Waals surface area contributed by atoms with Gasteiger partial charge in [-0.3, -0.25) is 10.0 Å². The van der Waals surface area contributed by atoms with E-state index in [9.17, 15) is 24.9 Å². The molecule has 5 rings (SSSR count). The van der Waals surface area contributed by atoms with Crippen molar-refractivity contribution < 1.29 is 30.1 Å². The highest BCUT2D eigenvalue weighted by Crippen LogP contribution is 2.75. The number of allylic oxidation sites excluding steroid dienone is 2. The first-order valence-corrected chi connectivity index (χ1v) is 14.8. The topological polar surface area (TPSA) is 153 Å². The number of hydroxylamine groups is 1. The lowest BCUT2D eigenvalue weighted by atomic mass is 9.33. The summed E-state index contributed by atoms with van der Waals surface area (Å²) in [6.45, 7) is 16.4. The summed E-state index contributed by atoms with van der Waals surface area (Å²) in [5.74, 6) is 0.0888. The molecule has 222 valence electrons. The number of nitrogens with one attached hydrogen (secondary N) is 1. The number of aliphatic hydroxyl groups is 2. The first-order valence-electron chi connectivity index (χ1n) is 14.8. The molecule has 9 atom stereocenters. The van der Waals surface area contributed by atoms with E-state index < -0.39 is 23.5 Å². The number of carboxylic acids is 1. The summed E-state index contributed by atoms with van der Waals surface area (Å²) < 4.78 is 0. The molecule has 8 heteroatoms. The summed E-state index contributed by atoms with van der Waals surface area (Å²) in [5.41, 5.74) is 5.75. The number of nitrogens with two attached hydrogens (primary N) is 1. The molecule has 5 aliphatic rings. The molecule has 0 spiro atoms. The van der Waals surface area contributed by atoms with E-state index >= 15 is 0 Å². The molecule has 0 radical (unpaired) electrons. The van der Waals surface area contributed by atoms with E-state index in [-0.39, 0.29) is 39.1 Å². The van der Waals surface area contributed by atoms with Crippen molar-refractivity contribution >= 4 is 12.0 Å². The predicted octanol–water partition coefficient (Wildman–Crippen LogP) is 5.25. The molecule has 5 aliphatic carbocycles. The molecule has 0 bridgehead atoms. The van der Waals surface area contributed by atoms with E-state index in [1.165, 1.54) is 11.1 Å². The lowest BCUT2D eigenvalue weighted by Crippen LogP contribution is -2.67. The van der Waals surface area contributed by atoms with Gasteiger partial charge in [-0.25, -0.2) is 10.3 Å². The summed E-state index contributed by atoms with van der Waals surface area (Å²) >= 11 is 0. The quantitative estimate of drug-likeness (QED) is 0.149. The monoisotopic (exact) mass is 548 g/mol. The number of carbonyl (C=O) groups is 2. The molecular formula is C31H52N2O6. The van der Waals surface area contributed by atoms with Gasteiger partial charge in [-0.05, 0) is 103 Å².